The van der Waals surface area contributed by atoms with E-state index in [2.05, 4.69) is 65.4 Å². The van der Waals surface area contributed by atoms with E-state index in [1.54, 1.807) is 18.9 Å². The molecule has 1 fully saturated rings. The molecule has 1 saturated heterocycles. The van der Waals surface area contributed by atoms with Gasteiger partial charge in [-0.15, -0.1) is 11.8 Å². The Morgan fingerprint density at radius 3 is 2.79 bits per heavy atom. The summed E-state index contributed by atoms with van der Waals surface area (Å²) in [6.07, 6.45) is 4.51. The van der Waals surface area contributed by atoms with Crippen molar-refractivity contribution in [3.63, 3.8) is 0 Å². The molecule has 0 bridgehead atoms. The van der Waals surface area contributed by atoms with Crippen LogP contribution in [0.1, 0.15) is 30.0 Å². The van der Waals surface area contributed by atoms with Crippen molar-refractivity contribution in [3.8, 4) is 5.75 Å². The first-order valence-corrected chi connectivity index (χ1v) is 9.77. The van der Waals surface area contributed by atoms with Crippen molar-refractivity contribution >= 4 is 11.8 Å². The van der Waals surface area contributed by atoms with E-state index in [9.17, 15) is 0 Å². The van der Waals surface area contributed by atoms with Crippen LogP contribution in [-0.2, 0) is 6.54 Å². The maximum atomic E-state index is 5.53. The van der Waals surface area contributed by atoms with Crippen LogP contribution in [0.4, 0.5) is 0 Å². The smallest absolute Gasteiger partial charge is 0.123 e. The normalized spacial score (nSPS) is 20.8. The molecule has 2 atom stereocenters. The Hall–Kier alpha value is -1.49. The van der Waals surface area contributed by atoms with Crippen LogP contribution in [0.3, 0.4) is 0 Å². The Morgan fingerprint density at radius 2 is 2.04 bits per heavy atom. The second-order valence-corrected chi connectivity index (χ2v) is 7.03. The topological polar surface area (TPSA) is 33.3 Å². The number of benzene rings is 2. The van der Waals surface area contributed by atoms with Gasteiger partial charge in [0.15, 0.2) is 0 Å². The van der Waals surface area contributed by atoms with Crippen LogP contribution in [0.2, 0.25) is 0 Å². The quantitative estimate of drug-likeness (QED) is 0.778. The Balaban J connectivity index is 1.72. The highest BCUT2D eigenvalue weighted by atomic mass is 32.2. The predicted molar refractivity (Wildman–Crippen MR) is 102 cm³/mol. The van der Waals surface area contributed by atoms with Crippen molar-refractivity contribution in [2.24, 2.45) is 0 Å². The minimum absolute atomic E-state index is 0.370. The highest BCUT2D eigenvalue weighted by Crippen LogP contribution is 2.27. The summed E-state index contributed by atoms with van der Waals surface area (Å²) in [5.74, 6) is 0.959. The zero-order valence-corrected chi connectivity index (χ0v) is 15.2. The van der Waals surface area contributed by atoms with Crippen molar-refractivity contribution < 1.29 is 4.74 Å². The summed E-state index contributed by atoms with van der Waals surface area (Å²) in [5, 5.41) is 7.44. The third-order valence-electron chi connectivity index (χ3n) is 4.66. The molecular weight excluding hydrogens is 316 g/mol. The molecule has 1 aliphatic rings. The fourth-order valence-corrected chi connectivity index (χ4v) is 3.84. The van der Waals surface area contributed by atoms with Gasteiger partial charge < -0.3 is 15.4 Å². The Labute approximate surface area is 149 Å². The molecule has 3 nitrogen and oxygen atoms in total. The second-order valence-electron chi connectivity index (χ2n) is 6.15. The van der Waals surface area contributed by atoms with Crippen molar-refractivity contribution in [1.29, 1.82) is 0 Å². The highest BCUT2D eigenvalue weighted by Gasteiger charge is 2.25. The predicted octanol–water partition coefficient (Wildman–Crippen LogP) is 4.00. The largest absolute Gasteiger partial charge is 0.496 e. The summed E-state index contributed by atoms with van der Waals surface area (Å²) in [7, 11) is 1.74. The number of methoxy groups -OCH3 is 1. The number of hydrogen-bond acceptors (Lipinski definition) is 4. The van der Waals surface area contributed by atoms with Crippen LogP contribution in [0.15, 0.2) is 53.4 Å². The number of thioether (sulfide) groups is 1. The lowest BCUT2D eigenvalue weighted by Crippen LogP contribution is -2.45. The van der Waals surface area contributed by atoms with E-state index >= 15 is 0 Å². The summed E-state index contributed by atoms with van der Waals surface area (Å²) in [6.45, 7) is 1.91. The van der Waals surface area contributed by atoms with E-state index in [-0.39, 0.29) is 0 Å². The average Bonchev–Trinajstić information content (AvgIpc) is 2.67. The monoisotopic (exact) mass is 342 g/mol. The summed E-state index contributed by atoms with van der Waals surface area (Å²) < 4.78 is 5.53. The van der Waals surface area contributed by atoms with Crippen molar-refractivity contribution in [2.45, 2.75) is 36.4 Å². The fraction of sp³-hybridized carbons (Fsp3) is 0.400. The molecular formula is C20H26N2OS. The maximum absolute atomic E-state index is 5.53. The molecule has 0 radical (unpaired) electrons. The van der Waals surface area contributed by atoms with E-state index in [0.29, 0.717) is 12.1 Å². The molecule has 2 N–H and O–H groups in total. The zero-order chi connectivity index (χ0) is 16.8. The van der Waals surface area contributed by atoms with E-state index in [4.69, 9.17) is 4.74 Å². The molecule has 1 aliphatic heterocycles. The van der Waals surface area contributed by atoms with Gasteiger partial charge in [0, 0.05) is 29.1 Å². The molecule has 0 aliphatic carbocycles. The van der Waals surface area contributed by atoms with Crippen LogP contribution in [0.5, 0.6) is 5.75 Å². The summed E-state index contributed by atoms with van der Waals surface area (Å²) in [5.41, 5.74) is 2.58. The number of piperidine rings is 1. The van der Waals surface area contributed by atoms with Gasteiger partial charge in [0.1, 0.15) is 5.75 Å². The number of hydrogen-bond donors (Lipinski definition) is 2. The fourth-order valence-electron chi connectivity index (χ4n) is 3.38. The van der Waals surface area contributed by atoms with Gasteiger partial charge in [-0.05, 0) is 49.4 Å². The first-order valence-electron chi connectivity index (χ1n) is 8.54. The number of rotatable bonds is 6. The third-order valence-corrected chi connectivity index (χ3v) is 5.38. The molecule has 2 aromatic carbocycles. The Bertz CT molecular complexity index is 647. The second kappa shape index (κ2) is 8.56. The molecule has 0 unspecified atom stereocenters. The van der Waals surface area contributed by atoms with E-state index in [1.165, 1.54) is 28.9 Å². The molecule has 0 spiro atoms. The van der Waals surface area contributed by atoms with Crippen LogP contribution in [0, 0.1) is 0 Å². The van der Waals surface area contributed by atoms with Gasteiger partial charge in [-0.25, -0.2) is 0 Å². The average molecular weight is 343 g/mol. The third kappa shape index (κ3) is 4.12. The van der Waals surface area contributed by atoms with Crippen LogP contribution in [-0.4, -0.2) is 26.0 Å². The standard InChI is InChI=1S/C20H26N2OS/c1-23-19-11-10-17(24-2)13-16(19)14-22-18-9-6-12-21-20(18)15-7-4-3-5-8-15/h3-5,7-8,10-11,13,18,20-22H,6,9,12,14H2,1-2H3/t18-,20-/m1/s1. The van der Waals surface area contributed by atoms with Gasteiger partial charge in [-0.3, -0.25) is 0 Å². The SMILES string of the molecule is COc1ccc(SC)cc1CN[C@@H]1CCCN[C@@H]1c1ccccc1. The first kappa shape index (κ1) is 17.3. The van der Waals surface area contributed by atoms with Crippen LogP contribution >= 0.6 is 11.8 Å². The highest BCUT2D eigenvalue weighted by molar-refractivity contribution is 7.98. The van der Waals surface area contributed by atoms with E-state index in [0.717, 1.165) is 18.8 Å². The first-order chi connectivity index (χ1) is 11.8. The molecule has 128 valence electrons. The van der Waals surface area contributed by atoms with Gasteiger partial charge in [0.25, 0.3) is 0 Å². The summed E-state index contributed by atoms with van der Waals surface area (Å²) in [6, 6.07) is 18.0. The minimum atomic E-state index is 0.370. The maximum Gasteiger partial charge on any atom is 0.123 e. The lowest BCUT2D eigenvalue weighted by Gasteiger charge is -2.34. The number of nitrogens with one attached hydrogen (secondary N) is 2. The molecule has 2 aromatic rings. The van der Waals surface area contributed by atoms with Crippen molar-refractivity contribution in [2.75, 3.05) is 19.9 Å². The molecule has 0 amide bonds. The zero-order valence-electron chi connectivity index (χ0n) is 14.4. The lowest BCUT2D eigenvalue weighted by molar-refractivity contribution is 0.302. The van der Waals surface area contributed by atoms with Crippen LogP contribution in [0.25, 0.3) is 0 Å². The Kier molecular flexibility index (Phi) is 6.18. The number of ether oxygens (including phenoxy) is 1. The molecule has 24 heavy (non-hydrogen) atoms. The molecule has 0 saturated carbocycles. The van der Waals surface area contributed by atoms with Gasteiger partial charge in [-0.2, -0.15) is 0 Å². The van der Waals surface area contributed by atoms with Gasteiger partial charge in [-0.1, -0.05) is 30.3 Å². The van der Waals surface area contributed by atoms with E-state index < -0.39 is 0 Å². The van der Waals surface area contributed by atoms with Gasteiger partial charge in [0.2, 0.25) is 0 Å². The minimum Gasteiger partial charge on any atom is -0.496 e. The van der Waals surface area contributed by atoms with Crippen molar-refractivity contribution in [3.05, 3.63) is 59.7 Å². The van der Waals surface area contributed by atoms with Crippen molar-refractivity contribution in [1.82, 2.24) is 10.6 Å². The summed E-state index contributed by atoms with van der Waals surface area (Å²) >= 11 is 1.77. The molecule has 3 rings (SSSR count). The molecule has 1 heterocycles. The summed E-state index contributed by atoms with van der Waals surface area (Å²) in [4.78, 5) is 1.27. The van der Waals surface area contributed by atoms with Crippen LogP contribution < -0.4 is 15.4 Å². The lowest BCUT2D eigenvalue weighted by atomic mass is 9.92. The van der Waals surface area contributed by atoms with E-state index in [1.807, 2.05) is 0 Å². The van der Waals surface area contributed by atoms with Gasteiger partial charge >= 0.3 is 0 Å². The van der Waals surface area contributed by atoms with Gasteiger partial charge in [0.05, 0.1) is 7.11 Å². The Morgan fingerprint density at radius 1 is 1.21 bits per heavy atom. The molecule has 4 heteroatoms. The molecule has 0 aromatic heterocycles.